The Balaban J connectivity index is 1.25. The highest BCUT2D eigenvalue weighted by molar-refractivity contribution is 6.12. The Morgan fingerprint density at radius 1 is 0.429 bits per heavy atom. The number of alkyl halides is 3. The first kappa shape index (κ1) is 33.6. The van der Waals surface area contributed by atoms with Gasteiger partial charge >= 0.3 is 6.18 Å². The average Bonchev–Trinajstić information content (AvgIpc) is 3.73. The maximum absolute atomic E-state index is 14.7. The number of rotatable bonds is 5. The average molecular weight is 734 g/mol. The van der Waals surface area contributed by atoms with Gasteiger partial charge in [0.1, 0.15) is 0 Å². The number of halogens is 3. The van der Waals surface area contributed by atoms with E-state index in [1.807, 2.05) is 60.7 Å². The van der Waals surface area contributed by atoms with Crippen molar-refractivity contribution in [3.63, 3.8) is 0 Å². The van der Waals surface area contributed by atoms with Crippen molar-refractivity contribution in [1.29, 1.82) is 0 Å². The highest BCUT2D eigenvalue weighted by Gasteiger charge is 2.32. The van der Waals surface area contributed by atoms with E-state index >= 15 is 0 Å². The van der Waals surface area contributed by atoms with Crippen LogP contribution in [0.5, 0.6) is 0 Å². The van der Waals surface area contributed by atoms with E-state index in [2.05, 4.69) is 107 Å². The minimum Gasteiger partial charge on any atom is -0.309 e. The van der Waals surface area contributed by atoms with Crippen molar-refractivity contribution in [3.05, 3.63) is 187 Å². The summed E-state index contributed by atoms with van der Waals surface area (Å²) in [5.41, 5.74) is 12.2. The predicted molar refractivity (Wildman–Crippen MR) is 224 cm³/mol. The van der Waals surface area contributed by atoms with Gasteiger partial charge in [-0.15, -0.1) is 0 Å². The minimum atomic E-state index is -4.56. The summed E-state index contributed by atoms with van der Waals surface area (Å²) in [6.45, 7) is 4.21. The van der Waals surface area contributed by atoms with E-state index in [-0.39, 0.29) is 0 Å². The van der Waals surface area contributed by atoms with Gasteiger partial charge in [-0.05, 0) is 108 Å². The second-order valence-electron chi connectivity index (χ2n) is 14.4. The first-order chi connectivity index (χ1) is 27.3. The van der Waals surface area contributed by atoms with Gasteiger partial charge in [-0.3, -0.25) is 4.98 Å². The van der Waals surface area contributed by atoms with E-state index in [4.69, 9.17) is 0 Å². The van der Waals surface area contributed by atoms with Crippen LogP contribution in [0.25, 0.3) is 88.4 Å². The standard InChI is InChI=1S/C50H34F3N3/c1-31-11-3-5-13-36(31)33-19-22-46-40(27-33)38-15-7-9-17-44(38)55(46)48-24-21-35(50(51,52)53)29-42(48)43-30-54-26-25-49(43)56-45-18-10-8-16-39(45)41-28-34(20-23-47(41)56)37-14-6-4-12-32(37)2/h3-30H,1-2H3. The van der Waals surface area contributed by atoms with Crippen molar-refractivity contribution in [2.75, 3.05) is 0 Å². The zero-order chi connectivity index (χ0) is 38.1. The van der Waals surface area contributed by atoms with Crippen LogP contribution in [0.2, 0.25) is 0 Å². The summed E-state index contributed by atoms with van der Waals surface area (Å²) in [5.74, 6) is 0. The van der Waals surface area contributed by atoms with Crippen LogP contribution in [0.15, 0.2) is 170 Å². The summed E-state index contributed by atoms with van der Waals surface area (Å²) < 4.78 is 48.3. The Morgan fingerprint density at radius 3 is 1.45 bits per heavy atom. The second-order valence-corrected chi connectivity index (χ2v) is 14.4. The molecule has 6 heteroatoms. The maximum atomic E-state index is 14.7. The van der Waals surface area contributed by atoms with Gasteiger partial charge in [0.2, 0.25) is 0 Å². The van der Waals surface area contributed by atoms with Crippen LogP contribution >= 0.6 is 0 Å². The van der Waals surface area contributed by atoms with Crippen LogP contribution < -0.4 is 0 Å². The molecule has 56 heavy (non-hydrogen) atoms. The lowest BCUT2D eigenvalue weighted by Gasteiger charge is -2.20. The third-order valence-electron chi connectivity index (χ3n) is 11.2. The molecule has 0 radical (unpaired) electrons. The van der Waals surface area contributed by atoms with E-state index in [1.165, 1.54) is 23.3 Å². The zero-order valence-corrected chi connectivity index (χ0v) is 30.6. The first-order valence-corrected chi connectivity index (χ1v) is 18.6. The highest BCUT2D eigenvalue weighted by Crippen LogP contribution is 2.44. The molecule has 3 aromatic heterocycles. The molecule has 0 aliphatic rings. The van der Waals surface area contributed by atoms with Crippen molar-refractivity contribution in [3.8, 4) is 44.8 Å². The van der Waals surface area contributed by atoms with Gasteiger partial charge < -0.3 is 9.13 Å². The van der Waals surface area contributed by atoms with Gasteiger partial charge in [0, 0.05) is 45.1 Å². The van der Waals surface area contributed by atoms with E-state index in [1.54, 1.807) is 18.5 Å². The van der Waals surface area contributed by atoms with Crippen LogP contribution in [-0.4, -0.2) is 14.1 Å². The molecule has 10 rings (SSSR count). The Hall–Kier alpha value is -6.92. The van der Waals surface area contributed by atoms with Crippen molar-refractivity contribution in [2.45, 2.75) is 20.0 Å². The molecule has 3 nitrogen and oxygen atoms in total. The maximum Gasteiger partial charge on any atom is 0.416 e. The number of benzene rings is 7. The SMILES string of the molecule is Cc1ccccc1-c1ccc2c(c1)c1ccccc1n2-c1ccncc1-c1cc(C(F)(F)F)ccc1-n1c2ccccc2c2cc(-c3ccccc3C)ccc21. The molecule has 0 aliphatic heterocycles. The summed E-state index contributed by atoms with van der Waals surface area (Å²) >= 11 is 0. The molecule has 0 fully saturated rings. The number of hydrogen-bond donors (Lipinski definition) is 0. The highest BCUT2D eigenvalue weighted by atomic mass is 19.4. The van der Waals surface area contributed by atoms with Crippen LogP contribution in [0.4, 0.5) is 13.2 Å². The minimum absolute atomic E-state index is 0.427. The summed E-state index contributed by atoms with van der Waals surface area (Å²) in [5, 5.41) is 4.14. The van der Waals surface area contributed by atoms with Gasteiger partial charge in [-0.25, -0.2) is 0 Å². The smallest absolute Gasteiger partial charge is 0.309 e. The molecule has 0 saturated carbocycles. The molecule has 0 aliphatic carbocycles. The summed E-state index contributed by atoms with van der Waals surface area (Å²) in [7, 11) is 0. The number of pyridine rings is 1. The van der Waals surface area contributed by atoms with E-state index in [0.29, 0.717) is 16.8 Å². The van der Waals surface area contributed by atoms with Crippen LogP contribution in [-0.2, 0) is 6.18 Å². The fraction of sp³-hybridized carbons (Fsp3) is 0.0600. The van der Waals surface area contributed by atoms with Gasteiger partial charge in [0.05, 0.1) is 39.0 Å². The third kappa shape index (κ3) is 5.32. The molecule has 7 aromatic carbocycles. The monoisotopic (exact) mass is 733 g/mol. The van der Waals surface area contributed by atoms with Crippen molar-refractivity contribution >= 4 is 43.6 Å². The molecule has 270 valence electrons. The second kappa shape index (κ2) is 12.8. The Morgan fingerprint density at radius 2 is 0.911 bits per heavy atom. The third-order valence-corrected chi connectivity index (χ3v) is 11.2. The molecule has 0 amide bonds. The molecule has 0 N–H and O–H groups in total. The Bertz CT molecular complexity index is 3160. The number of fused-ring (bicyclic) bond motifs is 6. The van der Waals surface area contributed by atoms with Crippen molar-refractivity contribution in [1.82, 2.24) is 14.1 Å². The molecular weight excluding hydrogens is 700 g/mol. The number of para-hydroxylation sites is 2. The molecule has 0 unspecified atom stereocenters. The molecule has 0 saturated heterocycles. The summed E-state index contributed by atoms with van der Waals surface area (Å²) in [6.07, 6.45) is -1.15. The van der Waals surface area contributed by atoms with Gasteiger partial charge in [-0.1, -0.05) is 97.1 Å². The number of nitrogens with zero attached hydrogens (tertiary/aromatic N) is 3. The number of aromatic nitrogens is 3. The molecule has 0 spiro atoms. The topological polar surface area (TPSA) is 22.8 Å². The van der Waals surface area contributed by atoms with Gasteiger partial charge in [0.15, 0.2) is 0 Å². The summed E-state index contributed by atoms with van der Waals surface area (Å²) in [4.78, 5) is 4.54. The zero-order valence-electron chi connectivity index (χ0n) is 30.6. The number of hydrogen-bond acceptors (Lipinski definition) is 1. The van der Waals surface area contributed by atoms with Crippen LogP contribution in [0.1, 0.15) is 16.7 Å². The largest absolute Gasteiger partial charge is 0.416 e. The van der Waals surface area contributed by atoms with Gasteiger partial charge in [-0.2, -0.15) is 13.2 Å². The Labute approximate surface area is 321 Å². The Kier molecular flexibility index (Phi) is 7.72. The fourth-order valence-corrected chi connectivity index (χ4v) is 8.51. The fourth-order valence-electron chi connectivity index (χ4n) is 8.51. The van der Waals surface area contributed by atoms with Crippen molar-refractivity contribution in [2.24, 2.45) is 0 Å². The predicted octanol–water partition coefficient (Wildman–Crippen LogP) is 13.9. The first-order valence-electron chi connectivity index (χ1n) is 18.6. The van der Waals surface area contributed by atoms with Crippen molar-refractivity contribution < 1.29 is 13.2 Å². The van der Waals surface area contributed by atoms with Crippen LogP contribution in [0, 0.1) is 13.8 Å². The lowest BCUT2D eigenvalue weighted by atomic mass is 9.98. The lowest BCUT2D eigenvalue weighted by Crippen LogP contribution is -2.08. The molecular formula is C50H34F3N3. The number of aryl methyl sites for hydroxylation is 2. The lowest BCUT2D eigenvalue weighted by molar-refractivity contribution is -0.137. The molecule has 0 bridgehead atoms. The van der Waals surface area contributed by atoms with E-state index in [0.717, 1.165) is 71.6 Å². The molecule has 10 aromatic rings. The van der Waals surface area contributed by atoms with E-state index in [9.17, 15) is 13.2 Å². The van der Waals surface area contributed by atoms with E-state index < -0.39 is 11.7 Å². The van der Waals surface area contributed by atoms with Gasteiger partial charge in [0.25, 0.3) is 0 Å². The summed E-state index contributed by atoms with van der Waals surface area (Å²) in [6, 6.07) is 51.7. The van der Waals surface area contributed by atoms with Crippen LogP contribution in [0.3, 0.4) is 0 Å². The molecule has 3 heterocycles. The molecule has 0 atom stereocenters. The normalized spacial score (nSPS) is 12.0. The quantitative estimate of drug-likeness (QED) is 0.173.